The molecule has 0 bridgehead atoms. The van der Waals surface area contributed by atoms with Gasteiger partial charge in [0.25, 0.3) is 0 Å². The Balaban J connectivity index is 2.21. The molecule has 0 aliphatic heterocycles. The summed E-state index contributed by atoms with van der Waals surface area (Å²) in [6.07, 6.45) is 0. The second-order valence-electron chi connectivity index (χ2n) is 4.51. The maximum atomic E-state index is 13.1. The van der Waals surface area contributed by atoms with E-state index in [2.05, 4.69) is 5.32 Å². The topological polar surface area (TPSA) is 72.2 Å². The molecular weight excluding hydrogens is 279 g/mol. The Morgan fingerprint density at radius 2 is 1.95 bits per heavy atom. The fraction of sp³-hybridized carbons (Fsp3) is 0.143. The van der Waals surface area contributed by atoms with E-state index in [1.807, 2.05) is 6.92 Å². The van der Waals surface area contributed by atoms with E-state index < -0.39 is 10.0 Å². The molecule has 0 amide bonds. The molecule has 0 aliphatic rings. The van der Waals surface area contributed by atoms with E-state index in [-0.39, 0.29) is 10.7 Å². The normalized spacial score (nSPS) is 11.3. The van der Waals surface area contributed by atoms with Gasteiger partial charge >= 0.3 is 0 Å². The summed E-state index contributed by atoms with van der Waals surface area (Å²) >= 11 is 0. The molecule has 0 saturated heterocycles. The Morgan fingerprint density at radius 1 is 1.20 bits per heavy atom. The van der Waals surface area contributed by atoms with Crippen molar-refractivity contribution in [3.8, 4) is 0 Å². The van der Waals surface area contributed by atoms with Crippen LogP contribution in [-0.2, 0) is 16.6 Å². The molecule has 0 fully saturated rings. The van der Waals surface area contributed by atoms with Gasteiger partial charge in [-0.05, 0) is 42.3 Å². The van der Waals surface area contributed by atoms with Gasteiger partial charge < -0.3 is 5.32 Å². The Morgan fingerprint density at radius 3 is 2.60 bits per heavy atom. The molecule has 6 heteroatoms. The van der Waals surface area contributed by atoms with Crippen LogP contribution in [0.1, 0.15) is 11.1 Å². The summed E-state index contributed by atoms with van der Waals surface area (Å²) in [4.78, 5) is 0.0462. The molecule has 2 rings (SSSR count). The van der Waals surface area contributed by atoms with E-state index in [0.29, 0.717) is 12.2 Å². The maximum absolute atomic E-state index is 13.1. The van der Waals surface area contributed by atoms with Gasteiger partial charge in [-0.2, -0.15) is 0 Å². The molecule has 4 nitrogen and oxygen atoms in total. The van der Waals surface area contributed by atoms with Crippen molar-refractivity contribution in [1.29, 1.82) is 0 Å². The number of primary sulfonamides is 1. The summed E-state index contributed by atoms with van der Waals surface area (Å²) in [5.41, 5.74) is 2.31. The lowest BCUT2D eigenvalue weighted by atomic mass is 10.1. The molecule has 20 heavy (non-hydrogen) atoms. The Labute approximate surface area is 117 Å². The average molecular weight is 294 g/mol. The molecule has 0 unspecified atom stereocenters. The number of aryl methyl sites for hydroxylation is 1. The highest BCUT2D eigenvalue weighted by Crippen LogP contribution is 2.20. The maximum Gasteiger partial charge on any atom is 0.238 e. The highest BCUT2D eigenvalue weighted by Gasteiger charge is 2.09. The summed E-state index contributed by atoms with van der Waals surface area (Å²) in [5.74, 6) is -0.306. The van der Waals surface area contributed by atoms with Crippen LogP contribution < -0.4 is 10.5 Å². The minimum atomic E-state index is -3.73. The number of rotatable bonds is 4. The fourth-order valence-corrected chi connectivity index (χ4v) is 2.35. The van der Waals surface area contributed by atoms with Gasteiger partial charge in [0, 0.05) is 12.2 Å². The first-order valence-corrected chi connectivity index (χ1v) is 7.52. The van der Waals surface area contributed by atoms with Gasteiger partial charge in [0.05, 0.1) is 4.90 Å². The van der Waals surface area contributed by atoms with Crippen molar-refractivity contribution in [2.24, 2.45) is 5.14 Å². The van der Waals surface area contributed by atoms with Gasteiger partial charge in [0.15, 0.2) is 0 Å². The minimum Gasteiger partial charge on any atom is -0.381 e. The first-order valence-electron chi connectivity index (χ1n) is 5.98. The molecule has 0 heterocycles. The zero-order chi connectivity index (χ0) is 14.8. The monoisotopic (exact) mass is 294 g/mol. The Bertz CT molecular complexity index is 730. The summed E-state index contributed by atoms with van der Waals surface area (Å²) in [5, 5.41) is 8.18. The van der Waals surface area contributed by atoms with Crippen molar-refractivity contribution in [3.63, 3.8) is 0 Å². The molecule has 106 valence electrons. The van der Waals surface area contributed by atoms with Crippen molar-refractivity contribution < 1.29 is 12.8 Å². The first kappa shape index (κ1) is 14.5. The van der Waals surface area contributed by atoms with Gasteiger partial charge in [-0.1, -0.05) is 18.2 Å². The molecular formula is C14H15FN2O2S. The van der Waals surface area contributed by atoms with Crippen LogP contribution in [0.2, 0.25) is 0 Å². The summed E-state index contributed by atoms with van der Waals surface area (Å²) < 4.78 is 35.7. The number of benzene rings is 2. The van der Waals surface area contributed by atoms with Gasteiger partial charge in [-0.25, -0.2) is 17.9 Å². The summed E-state index contributed by atoms with van der Waals surface area (Å²) in [6.45, 7) is 2.24. The standard InChI is InChI=1S/C14H15FN2O2S/c1-10-5-6-13(20(16,18)19)8-14(10)17-9-11-3-2-4-12(15)7-11/h2-8,17H,9H2,1H3,(H2,16,18,19). The van der Waals surface area contributed by atoms with Crippen LogP contribution in [0.15, 0.2) is 47.4 Å². The predicted octanol–water partition coefficient (Wildman–Crippen LogP) is 2.39. The second-order valence-corrected chi connectivity index (χ2v) is 6.07. The first-order chi connectivity index (χ1) is 9.36. The van der Waals surface area contributed by atoms with Crippen LogP contribution >= 0.6 is 0 Å². The van der Waals surface area contributed by atoms with Gasteiger partial charge in [0.2, 0.25) is 10.0 Å². The molecule has 0 atom stereocenters. The van der Waals surface area contributed by atoms with Crippen LogP contribution in [0, 0.1) is 12.7 Å². The lowest BCUT2D eigenvalue weighted by molar-refractivity contribution is 0.598. The molecule has 0 aliphatic carbocycles. The van der Waals surface area contributed by atoms with Crippen molar-refractivity contribution in [2.45, 2.75) is 18.4 Å². The lowest BCUT2D eigenvalue weighted by Crippen LogP contribution is -2.13. The van der Waals surface area contributed by atoms with Crippen molar-refractivity contribution >= 4 is 15.7 Å². The van der Waals surface area contributed by atoms with E-state index >= 15 is 0 Å². The minimum absolute atomic E-state index is 0.0462. The van der Waals surface area contributed by atoms with Crippen molar-refractivity contribution in [3.05, 3.63) is 59.4 Å². The molecule has 0 aromatic heterocycles. The van der Waals surface area contributed by atoms with Crippen LogP contribution in [0.25, 0.3) is 0 Å². The molecule has 2 aromatic rings. The molecule has 0 spiro atoms. The zero-order valence-corrected chi connectivity index (χ0v) is 11.7. The SMILES string of the molecule is Cc1ccc(S(N)(=O)=O)cc1NCc1cccc(F)c1. The van der Waals surface area contributed by atoms with Gasteiger partial charge in [-0.15, -0.1) is 0 Å². The van der Waals surface area contributed by atoms with Crippen molar-refractivity contribution in [1.82, 2.24) is 0 Å². The van der Waals surface area contributed by atoms with Crippen LogP contribution in [0.4, 0.5) is 10.1 Å². The van der Waals surface area contributed by atoms with Gasteiger partial charge in [0.1, 0.15) is 5.82 Å². The number of anilines is 1. The fourth-order valence-electron chi connectivity index (χ4n) is 1.81. The second kappa shape index (κ2) is 5.60. The number of halogens is 1. The largest absolute Gasteiger partial charge is 0.381 e. The third kappa shape index (κ3) is 3.55. The zero-order valence-electron chi connectivity index (χ0n) is 10.9. The van der Waals surface area contributed by atoms with Crippen molar-refractivity contribution in [2.75, 3.05) is 5.32 Å². The number of nitrogens with two attached hydrogens (primary N) is 1. The number of hydrogen-bond donors (Lipinski definition) is 2. The summed E-state index contributed by atoms with van der Waals surface area (Å²) in [7, 11) is -3.73. The van der Waals surface area contributed by atoms with E-state index in [1.54, 1.807) is 18.2 Å². The highest BCUT2D eigenvalue weighted by atomic mass is 32.2. The smallest absolute Gasteiger partial charge is 0.238 e. The van der Waals surface area contributed by atoms with Crippen LogP contribution in [0.3, 0.4) is 0 Å². The van der Waals surface area contributed by atoms with E-state index in [1.165, 1.54) is 24.3 Å². The molecule has 2 aromatic carbocycles. The van der Waals surface area contributed by atoms with E-state index in [4.69, 9.17) is 5.14 Å². The third-order valence-corrected chi connectivity index (χ3v) is 3.82. The third-order valence-electron chi connectivity index (χ3n) is 2.91. The average Bonchev–Trinajstić information content (AvgIpc) is 2.36. The van der Waals surface area contributed by atoms with E-state index in [9.17, 15) is 12.8 Å². The van der Waals surface area contributed by atoms with Gasteiger partial charge in [-0.3, -0.25) is 0 Å². The molecule has 0 radical (unpaired) electrons. The summed E-state index contributed by atoms with van der Waals surface area (Å²) in [6, 6.07) is 10.8. The Kier molecular flexibility index (Phi) is 4.06. The predicted molar refractivity (Wildman–Crippen MR) is 76.3 cm³/mol. The number of nitrogens with one attached hydrogen (secondary N) is 1. The quantitative estimate of drug-likeness (QED) is 0.909. The van der Waals surface area contributed by atoms with Crippen LogP contribution in [-0.4, -0.2) is 8.42 Å². The number of hydrogen-bond acceptors (Lipinski definition) is 3. The number of sulfonamides is 1. The Hall–Kier alpha value is -1.92. The van der Waals surface area contributed by atoms with E-state index in [0.717, 1.165) is 11.1 Å². The highest BCUT2D eigenvalue weighted by molar-refractivity contribution is 7.89. The lowest BCUT2D eigenvalue weighted by Gasteiger charge is -2.11. The van der Waals surface area contributed by atoms with Crippen LogP contribution in [0.5, 0.6) is 0 Å². The molecule has 0 saturated carbocycles. The molecule has 3 N–H and O–H groups in total.